The van der Waals surface area contributed by atoms with Crippen LogP contribution in [0.15, 0.2) is 24.3 Å². The van der Waals surface area contributed by atoms with Gasteiger partial charge in [-0.25, -0.2) is 4.98 Å². The molecule has 1 fully saturated rings. The number of ether oxygens (including phenoxy) is 2. The first kappa shape index (κ1) is 22.7. The zero-order chi connectivity index (χ0) is 22.5. The van der Waals surface area contributed by atoms with Crippen LogP contribution in [0.2, 0.25) is 0 Å². The minimum absolute atomic E-state index is 0.105. The number of carbonyl (C=O) groups is 1. The summed E-state index contributed by atoms with van der Waals surface area (Å²) in [5, 5.41) is 5.22. The lowest BCUT2D eigenvalue weighted by Gasteiger charge is -2.27. The number of hydrogen-bond donors (Lipinski definition) is 0. The van der Waals surface area contributed by atoms with Gasteiger partial charge in [-0.3, -0.25) is 19.3 Å². The third-order valence-corrected chi connectivity index (χ3v) is 6.64. The quantitative estimate of drug-likeness (QED) is 0.489. The van der Waals surface area contributed by atoms with Crippen LogP contribution < -0.4 is 9.64 Å². The Hall–Kier alpha value is -2.49. The summed E-state index contributed by atoms with van der Waals surface area (Å²) >= 11 is 1.52. The Bertz CT molecular complexity index is 1060. The van der Waals surface area contributed by atoms with Crippen LogP contribution in [0.25, 0.3) is 10.2 Å². The minimum Gasteiger partial charge on any atom is -0.494 e. The van der Waals surface area contributed by atoms with Gasteiger partial charge in [0.15, 0.2) is 10.8 Å². The maximum Gasteiger partial charge on any atom is 0.280 e. The highest BCUT2D eigenvalue weighted by molar-refractivity contribution is 7.22. The molecule has 172 valence electrons. The summed E-state index contributed by atoms with van der Waals surface area (Å²) in [6, 6.07) is 7.73. The lowest BCUT2D eigenvalue weighted by atomic mass is 10.3. The Morgan fingerprint density at radius 1 is 1.25 bits per heavy atom. The number of thiazole rings is 1. The maximum absolute atomic E-state index is 13.5. The van der Waals surface area contributed by atoms with Crippen molar-refractivity contribution in [2.24, 2.45) is 0 Å². The molecule has 0 aliphatic carbocycles. The number of amides is 1. The summed E-state index contributed by atoms with van der Waals surface area (Å²) in [6.07, 6.45) is 0.860. The van der Waals surface area contributed by atoms with Crippen molar-refractivity contribution < 1.29 is 14.3 Å². The van der Waals surface area contributed by atoms with Crippen LogP contribution in [-0.4, -0.2) is 71.6 Å². The van der Waals surface area contributed by atoms with E-state index in [0.717, 1.165) is 67.5 Å². The average Bonchev–Trinajstić information content (AvgIpc) is 3.40. The molecule has 32 heavy (non-hydrogen) atoms. The number of fused-ring (bicyclic) bond motifs is 1. The van der Waals surface area contributed by atoms with Crippen molar-refractivity contribution in [3.63, 3.8) is 0 Å². The van der Waals surface area contributed by atoms with Crippen LogP contribution in [-0.2, 0) is 11.3 Å². The molecule has 2 aromatic heterocycles. The number of anilines is 1. The first-order valence-electron chi connectivity index (χ1n) is 11.3. The molecular formula is C23H31N5O3S. The molecule has 1 aliphatic heterocycles. The van der Waals surface area contributed by atoms with E-state index in [-0.39, 0.29) is 5.91 Å². The lowest BCUT2D eigenvalue weighted by Crippen LogP contribution is -2.39. The van der Waals surface area contributed by atoms with Crippen molar-refractivity contribution in [3.8, 4) is 5.75 Å². The summed E-state index contributed by atoms with van der Waals surface area (Å²) < 4.78 is 13.9. The van der Waals surface area contributed by atoms with E-state index in [2.05, 4.69) is 10.00 Å². The Balaban J connectivity index is 1.58. The van der Waals surface area contributed by atoms with Gasteiger partial charge in [0, 0.05) is 38.4 Å². The second kappa shape index (κ2) is 10.4. The molecule has 4 rings (SSSR count). The van der Waals surface area contributed by atoms with Gasteiger partial charge in [-0.1, -0.05) is 11.3 Å². The van der Waals surface area contributed by atoms with Crippen LogP contribution in [0.4, 0.5) is 5.13 Å². The van der Waals surface area contributed by atoms with Crippen molar-refractivity contribution in [2.75, 3.05) is 50.9 Å². The third kappa shape index (κ3) is 5.11. The number of carbonyl (C=O) groups excluding carboxylic acids is 1. The van der Waals surface area contributed by atoms with Crippen LogP contribution >= 0.6 is 11.3 Å². The van der Waals surface area contributed by atoms with Gasteiger partial charge in [0.2, 0.25) is 0 Å². The number of benzene rings is 1. The first-order chi connectivity index (χ1) is 15.6. The standard InChI is InChI=1S/C23H31N5O3S/c1-4-28-17(3)15-20(25-28)22(29)27(10-6-9-26-11-13-30-14-12-26)23-24-19-8-7-18(31-5-2)16-21(19)32-23/h7-8,15-16H,4-6,9-14H2,1-3H3. The zero-order valence-corrected chi connectivity index (χ0v) is 19.9. The SMILES string of the molecule is CCOc1ccc2nc(N(CCCN3CCOCC3)C(=O)c3cc(C)n(CC)n3)sc2c1. The maximum atomic E-state index is 13.5. The molecule has 1 saturated heterocycles. The molecule has 1 amide bonds. The Morgan fingerprint density at radius 2 is 2.06 bits per heavy atom. The van der Waals surface area contributed by atoms with Crippen molar-refractivity contribution >= 4 is 32.6 Å². The predicted molar refractivity (Wildman–Crippen MR) is 127 cm³/mol. The van der Waals surface area contributed by atoms with Gasteiger partial charge in [0.25, 0.3) is 5.91 Å². The van der Waals surface area contributed by atoms with Gasteiger partial charge in [-0.05, 0) is 51.5 Å². The molecule has 1 aliphatic rings. The van der Waals surface area contributed by atoms with Crippen molar-refractivity contribution in [3.05, 3.63) is 35.7 Å². The van der Waals surface area contributed by atoms with Crippen LogP contribution in [0.5, 0.6) is 5.75 Å². The molecule has 0 unspecified atom stereocenters. The van der Waals surface area contributed by atoms with Gasteiger partial charge in [-0.15, -0.1) is 0 Å². The monoisotopic (exact) mass is 457 g/mol. The first-order valence-corrected chi connectivity index (χ1v) is 12.1. The number of aromatic nitrogens is 3. The van der Waals surface area contributed by atoms with Gasteiger partial charge in [-0.2, -0.15) is 5.10 Å². The number of nitrogens with zero attached hydrogens (tertiary/aromatic N) is 5. The smallest absolute Gasteiger partial charge is 0.280 e. The minimum atomic E-state index is -0.105. The van der Waals surface area contributed by atoms with Gasteiger partial charge in [0.1, 0.15) is 5.75 Å². The number of rotatable bonds is 9. The molecule has 0 atom stereocenters. The lowest BCUT2D eigenvalue weighted by molar-refractivity contribution is 0.0376. The van der Waals surface area contributed by atoms with E-state index in [9.17, 15) is 4.79 Å². The molecule has 0 saturated carbocycles. The van der Waals surface area contributed by atoms with Gasteiger partial charge < -0.3 is 9.47 Å². The van der Waals surface area contributed by atoms with Crippen molar-refractivity contribution in [2.45, 2.75) is 33.7 Å². The summed E-state index contributed by atoms with van der Waals surface area (Å²) in [7, 11) is 0. The van der Waals surface area contributed by atoms with Gasteiger partial charge in [0.05, 0.1) is 30.0 Å². The summed E-state index contributed by atoms with van der Waals surface area (Å²) in [5.41, 5.74) is 2.31. The van der Waals surface area contributed by atoms with Crippen LogP contribution in [0.3, 0.4) is 0 Å². The number of morpholine rings is 1. The largest absolute Gasteiger partial charge is 0.494 e. The second-order valence-corrected chi connectivity index (χ2v) is 8.82. The summed E-state index contributed by atoms with van der Waals surface area (Å²) in [5.74, 6) is 0.712. The highest BCUT2D eigenvalue weighted by Gasteiger charge is 2.24. The second-order valence-electron chi connectivity index (χ2n) is 7.81. The van der Waals surface area contributed by atoms with E-state index in [1.807, 2.05) is 49.7 Å². The van der Waals surface area contributed by atoms with E-state index in [1.54, 1.807) is 4.90 Å². The fourth-order valence-electron chi connectivity index (χ4n) is 3.90. The van der Waals surface area contributed by atoms with E-state index >= 15 is 0 Å². The van der Waals surface area contributed by atoms with Crippen LogP contribution in [0.1, 0.15) is 36.5 Å². The van der Waals surface area contributed by atoms with Gasteiger partial charge >= 0.3 is 0 Å². The molecular weight excluding hydrogens is 426 g/mol. The summed E-state index contributed by atoms with van der Waals surface area (Å²) in [6.45, 7) is 12.3. The van der Waals surface area contributed by atoms with E-state index in [1.165, 1.54) is 11.3 Å². The van der Waals surface area contributed by atoms with E-state index < -0.39 is 0 Å². The average molecular weight is 458 g/mol. The molecule has 8 nitrogen and oxygen atoms in total. The molecule has 3 aromatic rings. The summed E-state index contributed by atoms with van der Waals surface area (Å²) in [4.78, 5) is 22.5. The normalized spacial score (nSPS) is 14.7. The molecule has 0 radical (unpaired) electrons. The molecule has 0 spiro atoms. The zero-order valence-electron chi connectivity index (χ0n) is 19.0. The molecule has 0 N–H and O–H groups in total. The Labute approximate surface area is 192 Å². The molecule has 3 heterocycles. The van der Waals surface area contributed by atoms with Crippen LogP contribution in [0, 0.1) is 6.92 Å². The van der Waals surface area contributed by atoms with E-state index in [4.69, 9.17) is 14.5 Å². The third-order valence-electron chi connectivity index (χ3n) is 5.60. The van der Waals surface area contributed by atoms with Crippen molar-refractivity contribution in [1.29, 1.82) is 0 Å². The predicted octanol–water partition coefficient (Wildman–Crippen LogP) is 3.59. The number of aryl methyl sites for hydroxylation is 2. The van der Waals surface area contributed by atoms with Crippen molar-refractivity contribution in [1.82, 2.24) is 19.7 Å². The fourth-order valence-corrected chi connectivity index (χ4v) is 4.92. The fraction of sp³-hybridized carbons (Fsp3) is 0.522. The Morgan fingerprint density at radius 3 is 2.78 bits per heavy atom. The van der Waals surface area contributed by atoms with E-state index in [0.29, 0.717) is 24.0 Å². The molecule has 0 bridgehead atoms. The topological polar surface area (TPSA) is 72.7 Å². The molecule has 1 aromatic carbocycles. The molecule has 9 heteroatoms. The Kier molecular flexibility index (Phi) is 7.39. The highest BCUT2D eigenvalue weighted by Crippen LogP contribution is 2.32. The number of hydrogen-bond acceptors (Lipinski definition) is 7. The highest BCUT2D eigenvalue weighted by atomic mass is 32.1.